The molecule has 0 saturated carbocycles. The number of fused-ring (bicyclic) bond motifs is 1. The lowest BCUT2D eigenvalue weighted by molar-refractivity contribution is 0.0940. The molecule has 0 fully saturated rings. The number of pyridine rings is 1. The SMILES string of the molecule is CCNC(=O)c1cccn2cc(C(=O)NCc3cnn(-c4ccc(S(C)(=O)=O)cc4)c3)nc12. The molecular formula is C22H22N6O4S. The Morgan fingerprint density at radius 1 is 1.03 bits per heavy atom. The summed E-state index contributed by atoms with van der Waals surface area (Å²) in [4.78, 5) is 29.4. The lowest BCUT2D eigenvalue weighted by atomic mass is 10.2. The first kappa shape index (κ1) is 22.2. The summed E-state index contributed by atoms with van der Waals surface area (Å²) in [5, 5.41) is 9.79. The van der Waals surface area contributed by atoms with Gasteiger partial charge in [0.25, 0.3) is 11.8 Å². The van der Waals surface area contributed by atoms with Crippen LogP contribution in [-0.2, 0) is 16.4 Å². The summed E-state index contributed by atoms with van der Waals surface area (Å²) < 4.78 is 26.4. The molecule has 0 aliphatic rings. The maximum Gasteiger partial charge on any atom is 0.271 e. The highest BCUT2D eigenvalue weighted by Gasteiger charge is 2.16. The van der Waals surface area contributed by atoms with E-state index in [2.05, 4.69) is 20.7 Å². The minimum atomic E-state index is -3.27. The Morgan fingerprint density at radius 2 is 1.79 bits per heavy atom. The molecule has 170 valence electrons. The van der Waals surface area contributed by atoms with Crippen LogP contribution >= 0.6 is 0 Å². The van der Waals surface area contributed by atoms with Gasteiger partial charge in [-0.1, -0.05) is 0 Å². The maximum atomic E-state index is 12.6. The summed E-state index contributed by atoms with van der Waals surface area (Å²) in [6.45, 7) is 2.54. The largest absolute Gasteiger partial charge is 0.352 e. The second-order valence-electron chi connectivity index (χ2n) is 7.38. The van der Waals surface area contributed by atoms with Gasteiger partial charge in [-0.05, 0) is 43.3 Å². The molecular weight excluding hydrogens is 444 g/mol. The molecule has 10 nitrogen and oxygen atoms in total. The monoisotopic (exact) mass is 466 g/mol. The highest BCUT2D eigenvalue weighted by molar-refractivity contribution is 7.90. The third kappa shape index (κ3) is 4.77. The summed E-state index contributed by atoms with van der Waals surface area (Å²) in [5.74, 6) is -0.636. The van der Waals surface area contributed by atoms with Crippen molar-refractivity contribution in [3.63, 3.8) is 0 Å². The molecule has 0 spiro atoms. The molecule has 0 radical (unpaired) electrons. The Bertz CT molecular complexity index is 1440. The Kier molecular flexibility index (Phi) is 5.97. The van der Waals surface area contributed by atoms with Crippen LogP contribution in [0.2, 0.25) is 0 Å². The summed E-state index contributed by atoms with van der Waals surface area (Å²) in [7, 11) is -3.27. The van der Waals surface area contributed by atoms with Gasteiger partial charge in [0, 0.05) is 43.5 Å². The number of nitrogens with zero attached hydrogens (tertiary/aromatic N) is 4. The van der Waals surface area contributed by atoms with Crippen molar-refractivity contribution in [1.82, 2.24) is 29.8 Å². The quantitative estimate of drug-likeness (QED) is 0.426. The molecule has 4 aromatic rings. The number of aromatic nitrogens is 4. The van der Waals surface area contributed by atoms with Crippen molar-refractivity contribution >= 4 is 27.3 Å². The molecule has 33 heavy (non-hydrogen) atoms. The highest BCUT2D eigenvalue weighted by atomic mass is 32.2. The molecule has 0 bridgehead atoms. The van der Waals surface area contributed by atoms with Crippen molar-refractivity contribution < 1.29 is 18.0 Å². The Labute approximate surface area is 190 Å². The number of amides is 2. The predicted octanol–water partition coefficient (Wildman–Crippen LogP) is 1.60. The van der Waals surface area contributed by atoms with Gasteiger partial charge in [-0.2, -0.15) is 5.10 Å². The first-order valence-electron chi connectivity index (χ1n) is 10.1. The molecule has 0 saturated heterocycles. The standard InChI is InChI=1S/C22H22N6O4S/c1-3-23-21(29)18-5-4-10-27-14-19(26-20(18)27)22(30)24-11-15-12-25-28(13-15)16-6-8-17(9-7-16)33(2,31)32/h4-10,12-14H,3,11H2,1-2H3,(H,23,29)(H,24,30). The molecule has 0 aliphatic heterocycles. The number of sulfone groups is 1. The molecule has 0 unspecified atom stereocenters. The van der Waals surface area contributed by atoms with E-state index in [0.717, 1.165) is 11.8 Å². The van der Waals surface area contributed by atoms with E-state index in [-0.39, 0.29) is 28.9 Å². The van der Waals surface area contributed by atoms with E-state index in [1.807, 2.05) is 6.92 Å². The fourth-order valence-corrected chi connectivity index (χ4v) is 3.90. The van der Waals surface area contributed by atoms with E-state index in [9.17, 15) is 18.0 Å². The van der Waals surface area contributed by atoms with Crippen LogP contribution in [0.4, 0.5) is 0 Å². The second-order valence-corrected chi connectivity index (χ2v) is 9.40. The van der Waals surface area contributed by atoms with Gasteiger partial charge in [0.15, 0.2) is 15.5 Å². The zero-order chi connectivity index (χ0) is 23.6. The number of imidazole rings is 1. The van der Waals surface area contributed by atoms with Crippen LogP contribution < -0.4 is 10.6 Å². The summed E-state index contributed by atoms with van der Waals surface area (Å²) in [6.07, 6.45) is 7.80. The van der Waals surface area contributed by atoms with Crippen LogP contribution in [0.3, 0.4) is 0 Å². The smallest absolute Gasteiger partial charge is 0.271 e. The molecule has 0 atom stereocenters. The Hall–Kier alpha value is -3.99. The van der Waals surface area contributed by atoms with Crippen LogP contribution in [0.15, 0.2) is 66.1 Å². The van der Waals surface area contributed by atoms with Gasteiger partial charge >= 0.3 is 0 Å². The Balaban J connectivity index is 1.45. The van der Waals surface area contributed by atoms with E-state index in [4.69, 9.17) is 0 Å². The van der Waals surface area contributed by atoms with Gasteiger partial charge in [-0.15, -0.1) is 0 Å². The topological polar surface area (TPSA) is 127 Å². The number of benzene rings is 1. The molecule has 0 aliphatic carbocycles. The van der Waals surface area contributed by atoms with Crippen molar-refractivity contribution in [2.75, 3.05) is 12.8 Å². The van der Waals surface area contributed by atoms with Crippen LogP contribution in [0.25, 0.3) is 11.3 Å². The van der Waals surface area contributed by atoms with E-state index in [0.29, 0.717) is 23.4 Å². The van der Waals surface area contributed by atoms with Crippen LogP contribution in [-0.4, -0.2) is 52.2 Å². The van der Waals surface area contributed by atoms with Gasteiger partial charge in [0.05, 0.1) is 22.3 Å². The lowest BCUT2D eigenvalue weighted by Gasteiger charge is -2.03. The minimum absolute atomic E-state index is 0.190. The molecule has 1 aromatic carbocycles. The average Bonchev–Trinajstić information content (AvgIpc) is 3.44. The van der Waals surface area contributed by atoms with Crippen LogP contribution in [0.5, 0.6) is 0 Å². The van der Waals surface area contributed by atoms with Gasteiger partial charge < -0.3 is 15.0 Å². The zero-order valence-corrected chi connectivity index (χ0v) is 18.8. The summed E-state index contributed by atoms with van der Waals surface area (Å²) >= 11 is 0. The lowest BCUT2D eigenvalue weighted by Crippen LogP contribution is -2.23. The Morgan fingerprint density at radius 3 is 2.48 bits per heavy atom. The number of rotatable bonds is 7. The zero-order valence-electron chi connectivity index (χ0n) is 18.0. The maximum absolute atomic E-state index is 12.6. The van der Waals surface area contributed by atoms with Gasteiger partial charge in [-0.3, -0.25) is 9.59 Å². The fourth-order valence-electron chi connectivity index (χ4n) is 3.27. The molecule has 2 N–H and O–H groups in total. The summed E-state index contributed by atoms with van der Waals surface area (Å²) in [5.41, 5.74) is 2.43. The number of carbonyl (C=O) groups excluding carboxylic acids is 2. The molecule has 3 heterocycles. The molecule has 11 heteroatoms. The third-order valence-electron chi connectivity index (χ3n) is 4.92. The fraction of sp³-hybridized carbons (Fsp3) is 0.182. The average molecular weight is 467 g/mol. The summed E-state index contributed by atoms with van der Waals surface area (Å²) in [6, 6.07) is 9.74. The van der Waals surface area contributed by atoms with E-state index < -0.39 is 9.84 Å². The van der Waals surface area contributed by atoms with Gasteiger partial charge in [0.2, 0.25) is 0 Å². The first-order chi connectivity index (χ1) is 15.8. The molecule has 3 aromatic heterocycles. The number of carbonyl (C=O) groups is 2. The van der Waals surface area contributed by atoms with Crippen molar-refractivity contribution in [2.45, 2.75) is 18.4 Å². The number of hydrogen-bond acceptors (Lipinski definition) is 6. The van der Waals surface area contributed by atoms with E-state index in [1.165, 1.54) is 12.1 Å². The van der Waals surface area contributed by atoms with Gasteiger partial charge in [-0.25, -0.2) is 18.1 Å². The van der Waals surface area contributed by atoms with Crippen molar-refractivity contribution in [3.05, 3.63) is 78.0 Å². The molecule has 2 amide bonds. The highest BCUT2D eigenvalue weighted by Crippen LogP contribution is 2.14. The molecule has 4 rings (SSSR count). The van der Waals surface area contributed by atoms with E-state index >= 15 is 0 Å². The first-order valence-corrected chi connectivity index (χ1v) is 12.0. The van der Waals surface area contributed by atoms with Crippen molar-refractivity contribution in [3.8, 4) is 5.69 Å². The predicted molar refractivity (Wildman–Crippen MR) is 121 cm³/mol. The van der Waals surface area contributed by atoms with Crippen LogP contribution in [0, 0.1) is 0 Å². The number of nitrogens with one attached hydrogen (secondary N) is 2. The van der Waals surface area contributed by atoms with Gasteiger partial charge in [0.1, 0.15) is 5.69 Å². The second kappa shape index (κ2) is 8.87. The van der Waals surface area contributed by atoms with E-state index in [1.54, 1.807) is 58.1 Å². The normalized spacial score (nSPS) is 11.5. The van der Waals surface area contributed by atoms with Crippen LogP contribution in [0.1, 0.15) is 33.3 Å². The van der Waals surface area contributed by atoms with Crippen molar-refractivity contribution in [1.29, 1.82) is 0 Å². The number of hydrogen-bond donors (Lipinski definition) is 2. The van der Waals surface area contributed by atoms with Crippen molar-refractivity contribution in [2.24, 2.45) is 0 Å². The third-order valence-corrected chi connectivity index (χ3v) is 6.04. The minimum Gasteiger partial charge on any atom is -0.352 e.